The van der Waals surface area contributed by atoms with Gasteiger partial charge in [-0.05, 0) is 50.9 Å². The van der Waals surface area contributed by atoms with E-state index >= 15 is 0 Å². The van der Waals surface area contributed by atoms with Gasteiger partial charge in [-0.25, -0.2) is 0 Å². The van der Waals surface area contributed by atoms with Crippen molar-refractivity contribution >= 4 is 5.78 Å². The first-order valence-corrected chi connectivity index (χ1v) is 7.38. The molecule has 0 spiro atoms. The molecule has 1 saturated heterocycles. The highest BCUT2D eigenvalue weighted by atomic mass is 16.5. The number of nitrogens with one attached hydrogen (secondary N) is 1. The van der Waals surface area contributed by atoms with Gasteiger partial charge < -0.3 is 14.8 Å². The lowest BCUT2D eigenvalue weighted by Gasteiger charge is -2.33. The Bertz CT molecular complexity index is 506. The number of ketones is 1. The first-order chi connectivity index (χ1) is 9.69. The Hall–Kier alpha value is -1.55. The zero-order chi connectivity index (χ0) is 14.0. The number of fused-ring (bicyclic) bond motifs is 1. The number of Topliss-reactive ketones (excluding diaryl/α,β-unsaturated/α-hetero) is 1. The second-order valence-corrected chi connectivity index (χ2v) is 5.76. The van der Waals surface area contributed by atoms with Crippen molar-refractivity contribution in [2.24, 2.45) is 0 Å². The molecule has 0 amide bonds. The maximum Gasteiger partial charge on any atom is 0.182 e. The summed E-state index contributed by atoms with van der Waals surface area (Å²) in [6, 6.07) is 5.52. The van der Waals surface area contributed by atoms with Crippen molar-refractivity contribution in [1.82, 2.24) is 5.32 Å². The molecule has 2 heterocycles. The standard InChI is InChI=1S/C16H21NO3/c1-16(7-2-3-8-17-16)15(18)12-5-6-13-14(11-12)20-10-4-9-19-13/h5-6,11,17H,2-4,7-10H2,1H3. The Morgan fingerprint density at radius 3 is 2.70 bits per heavy atom. The molecule has 108 valence electrons. The second kappa shape index (κ2) is 5.44. The Morgan fingerprint density at radius 1 is 1.15 bits per heavy atom. The van der Waals surface area contributed by atoms with Crippen molar-refractivity contribution in [2.75, 3.05) is 19.8 Å². The molecule has 4 nitrogen and oxygen atoms in total. The Morgan fingerprint density at radius 2 is 1.95 bits per heavy atom. The molecule has 0 saturated carbocycles. The number of carbonyl (C=O) groups is 1. The molecule has 1 atom stereocenters. The zero-order valence-electron chi connectivity index (χ0n) is 11.9. The van der Waals surface area contributed by atoms with Gasteiger partial charge in [0.15, 0.2) is 17.3 Å². The highest BCUT2D eigenvalue weighted by molar-refractivity contribution is 6.03. The summed E-state index contributed by atoms with van der Waals surface area (Å²) in [7, 11) is 0. The minimum Gasteiger partial charge on any atom is -0.490 e. The van der Waals surface area contributed by atoms with Gasteiger partial charge in [-0.3, -0.25) is 4.79 Å². The average Bonchev–Trinajstić information content (AvgIpc) is 2.71. The van der Waals surface area contributed by atoms with Crippen LogP contribution < -0.4 is 14.8 Å². The van der Waals surface area contributed by atoms with Crippen LogP contribution >= 0.6 is 0 Å². The van der Waals surface area contributed by atoms with Crippen LogP contribution in [0.4, 0.5) is 0 Å². The summed E-state index contributed by atoms with van der Waals surface area (Å²) in [5.74, 6) is 1.57. The van der Waals surface area contributed by atoms with Crippen LogP contribution in [-0.2, 0) is 0 Å². The van der Waals surface area contributed by atoms with E-state index in [9.17, 15) is 4.79 Å². The molecule has 0 radical (unpaired) electrons. The Kier molecular flexibility index (Phi) is 3.66. The third-order valence-electron chi connectivity index (χ3n) is 4.13. The van der Waals surface area contributed by atoms with E-state index in [4.69, 9.17) is 9.47 Å². The molecule has 1 aromatic rings. The molecule has 0 aliphatic carbocycles. The number of hydrogen-bond acceptors (Lipinski definition) is 4. The molecule has 2 aliphatic heterocycles. The van der Waals surface area contributed by atoms with Gasteiger partial charge in [-0.15, -0.1) is 0 Å². The molecule has 3 rings (SSSR count). The molecular weight excluding hydrogens is 254 g/mol. The molecule has 1 fully saturated rings. The van der Waals surface area contributed by atoms with Crippen LogP contribution in [-0.4, -0.2) is 31.1 Å². The molecular formula is C16H21NO3. The minimum absolute atomic E-state index is 0.146. The summed E-state index contributed by atoms with van der Waals surface area (Å²) in [6.07, 6.45) is 4.00. The van der Waals surface area contributed by atoms with Crippen molar-refractivity contribution in [3.63, 3.8) is 0 Å². The van der Waals surface area contributed by atoms with E-state index in [1.807, 2.05) is 25.1 Å². The third-order valence-corrected chi connectivity index (χ3v) is 4.13. The highest BCUT2D eigenvalue weighted by Crippen LogP contribution is 2.32. The first kappa shape index (κ1) is 13.4. The zero-order valence-corrected chi connectivity index (χ0v) is 11.9. The summed E-state index contributed by atoms with van der Waals surface area (Å²) in [5.41, 5.74) is 0.254. The maximum atomic E-state index is 12.7. The van der Waals surface area contributed by atoms with Crippen LogP contribution in [0.2, 0.25) is 0 Å². The van der Waals surface area contributed by atoms with E-state index in [0.717, 1.165) is 38.0 Å². The van der Waals surface area contributed by atoms with Gasteiger partial charge in [0.1, 0.15) is 0 Å². The van der Waals surface area contributed by atoms with E-state index < -0.39 is 5.54 Å². The monoisotopic (exact) mass is 275 g/mol. The van der Waals surface area contributed by atoms with Crippen LogP contribution in [0.25, 0.3) is 0 Å². The summed E-state index contributed by atoms with van der Waals surface area (Å²) in [4.78, 5) is 12.7. The fourth-order valence-electron chi connectivity index (χ4n) is 2.87. The predicted octanol–water partition coefficient (Wildman–Crippen LogP) is 2.56. The molecule has 20 heavy (non-hydrogen) atoms. The van der Waals surface area contributed by atoms with Gasteiger partial charge in [0, 0.05) is 12.0 Å². The van der Waals surface area contributed by atoms with Crippen molar-refractivity contribution < 1.29 is 14.3 Å². The topological polar surface area (TPSA) is 47.6 Å². The molecule has 1 aromatic carbocycles. The smallest absolute Gasteiger partial charge is 0.182 e. The molecule has 2 aliphatic rings. The fourth-order valence-corrected chi connectivity index (χ4v) is 2.87. The van der Waals surface area contributed by atoms with Crippen LogP contribution in [0, 0.1) is 0 Å². The number of hydrogen-bond donors (Lipinski definition) is 1. The predicted molar refractivity (Wildman–Crippen MR) is 76.6 cm³/mol. The lowest BCUT2D eigenvalue weighted by molar-refractivity contribution is 0.0834. The summed E-state index contributed by atoms with van der Waals surface area (Å²) in [5, 5.41) is 3.36. The summed E-state index contributed by atoms with van der Waals surface area (Å²) < 4.78 is 11.3. The van der Waals surface area contributed by atoms with Gasteiger partial charge in [0.05, 0.1) is 18.8 Å². The number of benzene rings is 1. The van der Waals surface area contributed by atoms with Crippen LogP contribution in [0.15, 0.2) is 18.2 Å². The normalized spacial score (nSPS) is 25.9. The van der Waals surface area contributed by atoms with Gasteiger partial charge in [-0.2, -0.15) is 0 Å². The molecule has 4 heteroatoms. The van der Waals surface area contributed by atoms with Crippen molar-refractivity contribution in [3.05, 3.63) is 23.8 Å². The Balaban J connectivity index is 1.86. The van der Waals surface area contributed by atoms with E-state index in [-0.39, 0.29) is 5.78 Å². The largest absolute Gasteiger partial charge is 0.490 e. The molecule has 1 unspecified atom stereocenters. The van der Waals surface area contributed by atoms with Gasteiger partial charge >= 0.3 is 0 Å². The fraction of sp³-hybridized carbons (Fsp3) is 0.562. The van der Waals surface area contributed by atoms with Crippen LogP contribution in [0.1, 0.15) is 43.0 Å². The quantitative estimate of drug-likeness (QED) is 0.843. The molecule has 1 N–H and O–H groups in total. The maximum absolute atomic E-state index is 12.7. The second-order valence-electron chi connectivity index (χ2n) is 5.76. The molecule has 0 bridgehead atoms. The van der Waals surface area contributed by atoms with Gasteiger partial charge in [0.25, 0.3) is 0 Å². The van der Waals surface area contributed by atoms with Crippen molar-refractivity contribution in [1.29, 1.82) is 0 Å². The number of carbonyl (C=O) groups excluding carboxylic acids is 1. The van der Waals surface area contributed by atoms with Gasteiger partial charge in [0.2, 0.25) is 0 Å². The summed E-state index contributed by atoms with van der Waals surface area (Å²) in [6.45, 7) is 4.21. The van der Waals surface area contributed by atoms with Crippen LogP contribution in [0.3, 0.4) is 0 Å². The SMILES string of the molecule is CC1(C(=O)c2ccc3c(c2)OCCCO3)CCCCN1. The number of piperidine rings is 1. The lowest BCUT2D eigenvalue weighted by Crippen LogP contribution is -2.52. The van der Waals surface area contributed by atoms with Crippen molar-refractivity contribution in [3.8, 4) is 11.5 Å². The van der Waals surface area contributed by atoms with E-state index in [1.54, 1.807) is 0 Å². The highest BCUT2D eigenvalue weighted by Gasteiger charge is 2.35. The van der Waals surface area contributed by atoms with Gasteiger partial charge in [-0.1, -0.05) is 0 Å². The third kappa shape index (κ3) is 2.52. The number of ether oxygens (including phenoxy) is 2. The Labute approximate surface area is 119 Å². The average molecular weight is 275 g/mol. The van der Waals surface area contributed by atoms with E-state index in [0.29, 0.717) is 24.5 Å². The van der Waals surface area contributed by atoms with E-state index in [1.165, 1.54) is 0 Å². The van der Waals surface area contributed by atoms with E-state index in [2.05, 4.69) is 5.32 Å². The van der Waals surface area contributed by atoms with Crippen molar-refractivity contribution in [2.45, 2.75) is 38.1 Å². The summed E-state index contributed by atoms with van der Waals surface area (Å²) >= 11 is 0. The lowest BCUT2D eigenvalue weighted by atomic mass is 9.84. The minimum atomic E-state index is -0.446. The number of rotatable bonds is 2. The first-order valence-electron chi connectivity index (χ1n) is 7.38. The van der Waals surface area contributed by atoms with Crippen LogP contribution in [0.5, 0.6) is 11.5 Å². The molecule has 0 aromatic heterocycles.